The molecule has 3 aliphatic carbocycles. The summed E-state index contributed by atoms with van der Waals surface area (Å²) in [5, 5.41) is 11.7. The zero-order valence-electron chi connectivity index (χ0n) is 19.8. The van der Waals surface area contributed by atoms with Gasteiger partial charge in [0, 0.05) is 17.9 Å². The lowest BCUT2D eigenvalue weighted by molar-refractivity contribution is -0.148. The molecule has 1 amide bonds. The Labute approximate surface area is 211 Å². The number of ether oxygens (including phenoxy) is 2. The van der Waals surface area contributed by atoms with Gasteiger partial charge in [-0.05, 0) is 66.2 Å². The normalized spacial score (nSPS) is 21.0. The topological polar surface area (TPSA) is 102 Å². The van der Waals surface area contributed by atoms with E-state index in [1.807, 2.05) is 43.5 Å². The van der Waals surface area contributed by atoms with Crippen molar-refractivity contribution >= 4 is 18.0 Å². The minimum Gasteiger partial charge on any atom is -0.481 e. The van der Waals surface area contributed by atoms with Gasteiger partial charge in [0.2, 0.25) is 0 Å². The molecule has 2 N–H and O–H groups in total. The lowest BCUT2D eigenvalue weighted by Crippen LogP contribution is -2.37. The average molecular weight is 487 g/mol. The summed E-state index contributed by atoms with van der Waals surface area (Å²) in [6.45, 7) is 0.474. The second kappa shape index (κ2) is 10.7. The van der Waals surface area contributed by atoms with E-state index in [1.165, 1.54) is 22.3 Å². The maximum atomic E-state index is 12.8. The first-order chi connectivity index (χ1) is 17.5. The third-order valence-corrected chi connectivity index (χ3v) is 7.13. The molecule has 0 heterocycles. The van der Waals surface area contributed by atoms with Crippen LogP contribution >= 0.6 is 0 Å². The Morgan fingerprint density at radius 2 is 1.56 bits per heavy atom. The standard InChI is InChI=1S/C29H28NO6/c31-27(32)12-13-28(33)35-15-14-18-16-26(24-11-5-10-19(18)24)30-29(34)36-17-25-22-8-3-1-6-20(22)21-7-2-4-9-23(21)25/h1-11,18,25-26H,12-17H2,(H,30,34)(H,31,32)/t18-,26-/m1/s1. The fourth-order valence-electron chi connectivity index (χ4n) is 5.46. The number of rotatable bonds is 9. The van der Waals surface area contributed by atoms with E-state index >= 15 is 0 Å². The maximum absolute atomic E-state index is 12.8. The number of hydrogen-bond acceptors (Lipinski definition) is 5. The lowest BCUT2D eigenvalue weighted by atomic mass is 9.90. The highest BCUT2D eigenvalue weighted by atomic mass is 16.5. The first kappa shape index (κ1) is 24.3. The molecule has 2 saturated carbocycles. The highest BCUT2D eigenvalue weighted by molar-refractivity contribution is 5.79. The number of fused-ring (bicyclic) bond motifs is 4. The van der Waals surface area contributed by atoms with Crippen LogP contribution in [0.5, 0.6) is 0 Å². The number of carbonyl (C=O) groups is 3. The molecule has 0 spiro atoms. The van der Waals surface area contributed by atoms with Crippen LogP contribution in [0, 0.1) is 37.0 Å². The smallest absolute Gasteiger partial charge is 0.407 e. The van der Waals surface area contributed by atoms with E-state index in [4.69, 9.17) is 14.6 Å². The maximum Gasteiger partial charge on any atom is 0.407 e. The third-order valence-electron chi connectivity index (χ3n) is 7.13. The van der Waals surface area contributed by atoms with Crippen LogP contribution in [0.15, 0.2) is 48.5 Å². The van der Waals surface area contributed by atoms with Crippen LogP contribution in [-0.4, -0.2) is 42.4 Å². The van der Waals surface area contributed by atoms with Crippen LogP contribution < -0.4 is 5.32 Å². The van der Waals surface area contributed by atoms with Gasteiger partial charge in [-0.3, -0.25) is 9.59 Å². The highest BCUT2D eigenvalue weighted by Gasteiger charge is 2.47. The number of carboxylic acids is 1. The summed E-state index contributed by atoms with van der Waals surface area (Å²) in [6, 6.07) is 16.3. The van der Waals surface area contributed by atoms with E-state index in [1.54, 1.807) is 0 Å². The molecule has 0 aromatic heterocycles. The Morgan fingerprint density at radius 1 is 0.889 bits per heavy atom. The number of nitrogens with one attached hydrogen (secondary N) is 1. The van der Waals surface area contributed by atoms with Crippen molar-refractivity contribution in [3.05, 3.63) is 90.8 Å². The number of esters is 1. The van der Waals surface area contributed by atoms with Gasteiger partial charge in [-0.1, -0.05) is 48.5 Å². The predicted molar refractivity (Wildman–Crippen MR) is 132 cm³/mol. The summed E-state index contributed by atoms with van der Waals surface area (Å²) in [5.41, 5.74) is 4.71. The third kappa shape index (κ3) is 5.11. The van der Waals surface area contributed by atoms with E-state index < -0.39 is 18.0 Å². The van der Waals surface area contributed by atoms with Crippen LogP contribution in [0.1, 0.15) is 42.7 Å². The second-order valence-electron chi connectivity index (χ2n) is 9.29. The molecule has 185 valence electrons. The quantitative estimate of drug-likeness (QED) is 0.507. The van der Waals surface area contributed by atoms with Gasteiger partial charge >= 0.3 is 18.0 Å². The van der Waals surface area contributed by atoms with Gasteiger partial charge in [0.15, 0.2) is 0 Å². The summed E-state index contributed by atoms with van der Waals surface area (Å²) >= 11 is 0. The van der Waals surface area contributed by atoms with Crippen molar-refractivity contribution in [3.63, 3.8) is 0 Å². The van der Waals surface area contributed by atoms with Crippen molar-refractivity contribution in [2.45, 2.75) is 37.6 Å². The van der Waals surface area contributed by atoms with E-state index in [0.717, 1.165) is 11.8 Å². The van der Waals surface area contributed by atoms with Gasteiger partial charge < -0.3 is 19.9 Å². The average Bonchev–Trinajstić information content (AvgIpc) is 3.56. The van der Waals surface area contributed by atoms with Gasteiger partial charge in [-0.25, -0.2) is 4.79 Å². The van der Waals surface area contributed by atoms with E-state index in [0.29, 0.717) is 12.8 Å². The Hall–Kier alpha value is -3.35. The van der Waals surface area contributed by atoms with Gasteiger partial charge in [0.1, 0.15) is 6.61 Å². The summed E-state index contributed by atoms with van der Waals surface area (Å²) < 4.78 is 10.9. The first-order valence-corrected chi connectivity index (χ1v) is 12.3. The molecule has 0 aliphatic heterocycles. The Morgan fingerprint density at radius 3 is 2.25 bits per heavy atom. The number of benzene rings is 2. The van der Waals surface area contributed by atoms with Crippen molar-refractivity contribution in [2.75, 3.05) is 13.2 Å². The second-order valence-corrected chi connectivity index (χ2v) is 9.29. The summed E-state index contributed by atoms with van der Waals surface area (Å²) in [5.74, 6) is 0.815. The fourth-order valence-corrected chi connectivity index (χ4v) is 5.46. The van der Waals surface area contributed by atoms with Gasteiger partial charge in [-0.2, -0.15) is 0 Å². The van der Waals surface area contributed by atoms with Crippen molar-refractivity contribution in [2.24, 2.45) is 5.92 Å². The first-order valence-electron chi connectivity index (χ1n) is 12.3. The number of carbonyl (C=O) groups excluding carboxylic acids is 2. The molecule has 0 unspecified atom stereocenters. The Bertz CT molecular complexity index is 1080. The Kier molecular flexibility index (Phi) is 7.25. The largest absolute Gasteiger partial charge is 0.481 e. The SMILES string of the molecule is O=C(O)CCC(=O)OCC[C@@H]1C[C@@H](NC(=O)OCC2c3ccccc3-c3ccccc32)[C]2[CH][CH][CH][C]21. The van der Waals surface area contributed by atoms with Gasteiger partial charge in [0.25, 0.3) is 0 Å². The number of carboxylic acid groups (broad SMARTS) is 1. The molecule has 2 fully saturated rings. The van der Waals surface area contributed by atoms with Crippen LogP contribution in [-0.2, 0) is 19.1 Å². The molecule has 2 aromatic carbocycles. The van der Waals surface area contributed by atoms with E-state index in [2.05, 4.69) is 29.6 Å². The molecule has 0 bridgehead atoms. The van der Waals surface area contributed by atoms with Crippen molar-refractivity contribution in [1.29, 1.82) is 0 Å². The molecule has 2 aromatic rings. The van der Waals surface area contributed by atoms with Crippen LogP contribution in [0.4, 0.5) is 4.79 Å². The minimum atomic E-state index is -1.02. The van der Waals surface area contributed by atoms with Gasteiger partial charge in [0.05, 0.1) is 19.4 Å². The predicted octanol–water partition coefficient (Wildman–Crippen LogP) is 4.49. The van der Waals surface area contributed by atoms with Gasteiger partial charge in [-0.15, -0.1) is 0 Å². The van der Waals surface area contributed by atoms with Crippen molar-refractivity contribution in [3.8, 4) is 11.1 Å². The van der Waals surface area contributed by atoms with E-state index in [9.17, 15) is 14.4 Å². The fraction of sp³-hybridized carbons (Fsp3) is 0.310. The molecular formula is C29H28NO6. The van der Waals surface area contributed by atoms with E-state index in [-0.39, 0.29) is 43.9 Å². The number of aliphatic carboxylic acids is 1. The molecule has 5 rings (SSSR count). The molecule has 36 heavy (non-hydrogen) atoms. The lowest BCUT2D eigenvalue weighted by Gasteiger charge is -2.20. The molecule has 3 aliphatic rings. The monoisotopic (exact) mass is 486 g/mol. The molecule has 5 radical (unpaired) electrons. The molecule has 7 nitrogen and oxygen atoms in total. The van der Waals surface area contributed by atoms with Crippen LogP contribution in [0.25, 0.3) is 11.1 Å². The van der Waals surface area contributed by atoms with Crippen LogP contribution in [0.3, 0.4) is 0 Å². The number of hydrogen-bond donors (Lipinski definition) is 2. The van der Waals surface area contributed by atoms with Crippen LogP contribution in [0.2, 0.25) is 0 Å². The number of amides is 1. The molecule has 7 heteroatoms. The zero-order chi connectivity index (χ0) is 25.1. The molecule has 2 atom stereocenters. The van der Waals surface area contributed by atoms with Crippen molar-refractivity contribution < 1.29 is 29.0 Å². The summed E-state index contributed by atoms with van der Waals surface area (Å²) in [6.07, 6.45) is 6.49. The summed E-state index contributed by atoms with van der Waals surface area (Å²) in [4.78, 5) is 35.1. The molecule has 0 saturated heterocycles. The molecular weight excluding hydrogens is 458 g/mol. The summed E-state index contributed by atoms with van der Waals surface area (Å²) in [7, 11) is 0. The number of alkyl carbamates (subject to hydrolysis) is 1. The highest BCUT2D eigenvalue weighted by Crippen LogP contribution is 2.50. The van der Waals surface area contributed by atoms with Crippen molar-refractivity contribution in [1.82, 2.24) is 5.32 Å². The Balaban J connectivity index is 1.13. The minimum absolute atomic E-state index is 0.00442. The zero-order valence-corrected chi connectivity index (χ0v) is 19.8.